The second-order valence-corrected chi connectivity index (χ2v) is 4.37. The van der Waals surface area contributed by atoms with Gasteiger partial charge in [-0.25, -0.2) is 0 Å². The zero-order chi connectivity index (χ0) is 9.97. The molecule has 4 heteroatoms. The predicted molar refractivity (Wildman–Crippen MR) is 57.3 cm³/mol. The van der Waals surface area contributed by atoms with Crippen molar-refractivity contribution >= 4 is 15.9 Å². The van der Waals surface area contributed by atoms with Crippen LogP contribution in [0.4, 0.5) is 0 Å². The molecule has 1 aliphatic heterocycles. The lowest BCUT2D eigenvalue weighted by Crippen LogP contribution is -2.03. The minimum atomic E-state index is 0.426. The van der Waals surface area contributed by atoms with Crippen molar-refractivity contribution in [1.82, 2.24) is 5.32 Å². The van der Waals surface area contributed by atoms with Gasteiger partial charge in [-0.15, -0.1) is 0 Å². The molecule has 2 rings (SSSR count). The number of halogens is 1. The first-order chi connectivity index (χ1) is 6.81. The van der Waals surface area contributed by atoms with E-state index in [9.17, 15) is 0 Å². The zero-order valence-electron chi connectivity index (χ0n) is 8.18. The molecule has 1 aromatic rings. The van der Waals surface area contributed by atoms with E-state index in [1.807, 2.05) is 13.1 Å². The lowest BCUT2D eigenvalue weighted by Gasteiger charge is -2.03. The Labute approximate surface area is 91.9 Å². The third-order valence-electron chi connectivity index (χ3n) is 2.42. The molecule has 1 atom stereocenters. The molecular weight excluding hydrogens is 246 g/mol. The van der Waals surface area contributed by atoms with Crippen molar-refractivity contribution in [2.24, 2.45) is 0 Å². The molecule has 78 valence electrons. The summed E-state index contributed by atoms with van der Waals surface area (Å²) in [6.07, 6.45) is 1.06. The molecule has 14 heavy (non-hydrogen) atoms. The summed E-state index contributed by atoms with van der Waals surface area (Å²) in [5.41, 5.74) is 0. The lowest BCUT2D eigenvalue weighted by molar-refractivity contribution is 0.191. The van der Waals surface area contributed by atoms with Gasteiger partial charge in [0.05, 0.1) is 17.6 Å². The molecule has 1 aromatic heterocycles. The van der Waals surface area contributed by atoms with E-state index in [1.54, 1.807) is 0 Å². The highest BCUT2D eigenvalue weighted by atomic mass is 79.9. The van der Waals surface area contributed by atoms with E-state index in [0.29, 0.717) is 5.92 Å². The first-order valence-corrected chi connectivity index (χ1v) is 5.61. The molecule has 0 aliphatic carbocycles. The van der Waals surface area contributed by atoms with Crippen molar-refractivity contribution in [3.63, 3.8) is 0 Å². The third-order valence-corrected chi connectivity index (χ3v) is 3.04. The highest BCUT2D eigenvalue weighted by Gasteiger charge is 2.23. The standard InChI is InChI=1S/C10H14BrNO2/c1-12-5-8-4-9(11)10(14-8)7-2-3-13-6-7/h4,7,12H,2-3,5-6H2,1H3. The number of rotatable bonds is 3. The zero-order valence-corrected chi connectivity index (χ0v) is 9.76. The van der Waals surface area contributed by atoms with E-state index in [1.165, 1.54) is 0 Å². The van der Waals surface area contributed by atoms with Gasteiger partial charge < -0.3 is 14.5 Å². The summed E-state index contributed by atoms with van der Waals surface area (Å²) in [5.74, 6) is 2.43. The normalized spacial score (nSPS) is 21.7. The Kier molecular flexibility index (Phi) is 3.26. The summed E-state index contributed by atoms with van der Waals surface area (Å²) in [5, 5.41) is 3.07. The van der Waals surface area contributed by atoms with Crippen LogP contribution in [0, 0.1) is 0 Å². The van der Waals surface area contributed by atoms with Gasteiger partial charge in [-0.2, -0.15) is 0 Å². The van der Waals surface area contributed by atoms with Crippen LogP contribution in [-0.4, -0.2) is 20.3 Å². The van der Waals surface area contributed by atoms with Crippen LogP contribution in [0.25, 0.3) is 0 Å². The Morgan fingerprint density at radius 2 is 2.50 bits per heavy atom. The molecule has 0 aromatic carbocycles. The maximum absolute atomic E-state index is 5.75. The first kappa shape index (κ1) is 10.2. The van der Waals surface area contributed by atoms with Crippen LogP contribution in [0.2, 0.25) is 0 Å². The highest BCUT2D eigenvalue weighted by Crippen LogP contribution is 2.33. The Balaban J connectivity index is 2.15. The minimum Gasteiger partial charge on any atom is -0.463 e. The second-order valence-electron chi connectivity index (χ2n) is 3.52. The molecule has 0 amide bonds. The summed E-state index contributed by atoms with van der Waals surface area (Å²) in [6, 6.07) is 2.03. The molecule has 1 fully saturated rings. The minimum absolute atomic E-state index is 0.426. The number of nitrogens with one attached hydrogen (secondary N) is 1. The molecule has 0 radical (unpaired) electrons. The van der Waals surface area contributed by atoms with Gasteiger partial charge in [-0.3, -0.25) is 0 Å². The summed E-state index contributed by atoms with van der Waals surface area (Å²) in [6.45, 7) is 2.40. The van der Waals surface area contributed by atoms with Crippen LogP contribution >= 0.6 is 15.9 Å². The summed E-state index contributed by atoms with van der Waals surface area (Å²) >= 11 is 3.52. The van der Waals surface area contributed by atoms with E-state index in [-0.39, 0.29) is 0 Å². The van der Waals surface area contributed by atoms with Gasteiger partial charge in [-0.05, 0) is 35.5 Å². The Morgan fingerprint density at radius 1 is 1.64 bits per heavy atom. The van der Waals surface area contributed by atoms with Crippen molar-refractivity contribution < 1.29 is 9.15 Å². The topological polar surface area (TPSA) is 34.4 Å². The second kappa shape index (κ2) is 4.47. The highest BCUT2D eigenvalue weighted by molar-refractivity contribution is 9.10. The first-order valence-electron chi connectivity index (χ1n) is 4.81. The fourth-order valence-corrected chi connectivity index (χ4v) is 2.37. The van der Waals surface area contributed by atoms with Crippen molar-refractivity contribution in [3.05, 3.63) is 22.1 Å². The fraction of sp³-hybridized carbons (Fsp3) is 0.600. The van der Waals surface area contributed by atoms with Crippen molar-refractivity contribution in [3.8, 4) is 0 Å². The Bertz CT molecular complexity index is 305. The van der Waals surface area contributed by atoms with Gasteiger partial charge in [0.2, 0.25) is 0 Å². The average Bonchev–Trinajstić information content (AvgIpc) is 2.74. The van der Waals surface area contributed by atoms with Crippen LogP contribution in [-0.2, 0) is 11.3 Å². The molecule has 1 aliphatic rings. The lowest BCUT2D eigenvalue weighted by atomic mass is 10.1. The van der Waals surface area contributed by atoms with Crippen LogP contribution in [0.3, 0.4) is 0 Å². The van der Waals surface area contributed by atoms with Gasteiger partial charge in [0.1, 0.15) is 11.5 Å². The molecule has 1 N–H and O–H groups in total. The maximum atomic E-state index is 5.75. The molecule has 1 unspecified atom stereocenters. The van der Waals surface area contributed by atoms with Crippen LogP contribution < -0.4 is 5.32 Å². The number of furan rings is 1. The van der Waals surface area contributed by atoms with Gasteiger partial charge in [0, 0.05) is 12.5 Å². The smallest absolute Gasteiger partial charge is 0.123 e. The monoisotopic (exact) mass is 259 g/mol. The van der Waals surface area contributed by atoms with Gasteiger partial charge >= 0.3 is 0 Å². The molecule has 0 saturated carbocycles. The van der Waals surface area contributed by atoms with E-state index in [2.05, 4.69) is 21.2 Å². The maximum Gasteiger partial charge on any atom is 0.123 e. The average molecular weight is 260 g/mol. The van der Waals surface area contributed by atoms with Crippen molar-refractivity contribution in [2.75, 3.05) is 20.3 Å². The Morgan fingerprint density at radius 3 is 3.14 bits per heavy atom. The molecule has 1 saturated heterocycles. The molecule has 2 heterocycles. The van der Waals surface area contributed by atoms with Gasteiger partial charge in [-0.1, -0.05) is 0 Å². The number of ether oxygens (including phenoxy) is 1. The van der Waals surface area contributed by atoms with E-state index in [4.69, 9.17) is 9.15 Å². The quantitative estimate of drug-likeness (QED) is 0.905. The van der Waals surface area contributed by atoms with Crippen molar-refractivity contribution in [1.29, 1.82) is 0 Å². The third kappa shape index (κ3) is 2.02. The van der Waals surface area contributed by atoms with E-state index >= 15 is 0 Å². The number of hydrogen-bond donors (Lipinski definition) is 1. The SMILES string of the molecule is CNCc1cc(Br)c(C2CCOC2)o1. The number of hydrogen-bond acceptors (Lipinski definition) is 3. The van der Waals surface area contributed by atoms with Crippen LogP contribution in [0.1, 0.15) is 23.9 Å². The van der Waals surface area contributed by atoms with Gasteiger partial charge in [0.15, 0.2) is 0 Å². The van der Waals surface area contributed by atoms with Crippen molar-refractivity contribution in [2.45, 2.75) is 18.9 Å². The predicted octanol–water partition coefficient (Wildman–Crippen LogP) is 2.27. The van der Waals surface area contributed by atoms with E-state index in [0.717, 1.165) is 42.2 Å². The fourth-order valence-electron chi connectivity index (χ4n) is 1.71. The van der Waals surface area contributed by atoms with E-state index < -0.39 is 0 Å². The largest absolute Gasteiger partial charge is 0.463 e. The molecule has 0 spiro atoms. The summed E-state index contributed by atoms with van der Waals surface area (Å²) in [4.78, 5) is 0. The van der Waals surface area contributed by atoms with Gasteiger partial charge in [0.25, 0.3) is 0 Å². The van der Waals surface area contributed by atoms with Crippen LogP contribution in [0.15, 0.2) is 15.0 Å². The van der Waals surface area contributed by atoms with Crippen LogP contribution in [0.5, 0.6) is 0 Å². The summed E-state index contributed by atoms with van der Waals surface area (Å²) in [7, 11) is 1.91. The molecule has 3 nitrogen and oxygen atoms in total. The summed E-state index contributed by atoms with van der Waals surface area (Å²) < 4.78 is 12.2. The molecule has 0 bridgehead atoms. The molecular formula is C10H14BrNO2. The Hall–Kier alpha value is -0.320.